The molecule has 140 valence electrons. The Balaban J connectivity index is 1.88. The van der Waals surface area contributed by atoms with Crippen molar-refractivity contribution in [2.24, 2.45) is 4.99 Å². The largest absolute Gasteiger partial charge is 0.493 e. The summed E-state index contributed by atoms with van der Waals surface area (Å²) in [7, 11) is 4.53. The van der Waals surface area contributed by atoms with Gasteiger partial charge in [0.25, 0.3) is 0 Å². The molecule has 2 aromatic carbocycles. The quantitative estimate of drug-likeness (QED) is 0.575. The highest BCUT2D eigenvalue weighted by molar-refractivity contribution is 6.07. The first-order chi connectivity index (χ1) is 13.0. The minimum atomic E-state index is -0.555. The second kappa shape index (κ2) is 7.90. The molecule has 1 heterocycles. The number of carbonyl (C=O) groups is 1. The first kappa shape index (κ1) is 18.4. The van der Waals surface area contributed by atoms with Gasteiger partial charge in [-0.05, 0) is 41.5 Å². The Labute approximate surface area is 155 Å². The van der Waals surface area contributed by atoms with E-state index in [0.29, 0.717) is 29.2 Å². The summed E-state index contributed by atoms with van der Waals surface area (Å²) in [6.07, 6.45) is 1.86. The topological polar surface area (TPSA) is 66.4 Å². The maximum absolute atomic E-state index is 13.0. The standard InChI is InChI=1S/C20H18FNO5/c1-24-16-9-13(10-17(25-2)19(16)26-3)8-15-20(23)27-18(22-15)11-12-4-6-14(21)7-5-12/h4-10H,11H2,1-3H3/b15-8+. The van der Waals surface area contributed by atoms with Crippen molar-refractivity contribution in [3.63, 3.8) is 0 Å². The lowest BCUT2D eigenvalue weighted by Crippen LogP contribution is -2.06. The van der Waals surface area contributed by atoms with E-state index in [4.69, 9.17) is 18.9 Å². The van der Waals surface area contributed by atoms with E-state index < -0.39 is 5.97 Å². The third-order valence-electron chi connectivity index (χ3n) is 3.92. The van der Waals surface area contributed by atoms with Crippen LogP contribution in [0, 0.1) is 5.82 Å². The molecule has 0 saturated heterocycles. The monoisotopic (exact) mass is 371 g/mol. The van der Waals surface area contributed by atoms with Crippen LogP contribution in [-0.4, -0.2) is 33.2 Å². The number of nitrogens with zero attached hydrogens (tertiary/aromatic N) is 1. The Bertz CT molecular complexity index is 893. The van der Waals surface area contributed by atoms with Gasteiger partial charge in [-0.15, -0.1) is 0 Å². The molecule has 0 unspecified atom stereocenters. The summed E-state index contributed by atoms with van der Waals surface area (Å²) in [6, 6.07) is 9.34. The van der Waals surface area contributed by atoms with Gasteiger partial charge in [-0.25, -0.2) is 14.2 Å². The zero-order valence-electron chi connectivity index (χ0n) is 15.1. The highest BCUT2D eigenvalue weighted by Gasteiger charge is 2.23. The molecule has 0 atom stereocenters. The highest BCUT2D eigenvalue weighted by Crippen LogP contribution is 2.39. The van der Waals surface area contributed by atoms with Crippen LogP contribution < -0.4 is 14.2 Å². The molecule has 27 heavy (non-hydrogen) atoms. The van der Waals surface area contributed by atoms with Crippen LogP contribution in [0.25, 0.3) is 6.08 Å². The summed E-state index contributed by atoms with van der Waals surface area (Å²) in [4.78, 5) is 16.3. The fourth-order valence-corrected chi connectivity index (χ4v) is 2.65. The predicted molar refractivity (Wildman–Crippen MR) is 97.7 cm³/mol. The van der Waals surface area contributed by atoms with Crippen LogP contribution in [0.15, 0.2) is 47.1 Å². The molecule has 3 rings (SSSR count). The second-order valence-electron chi connectivity index (χ2n) is 5.69. The molecule has 0 radical (unpaired) electrons. The van der Waals surface area contributed by atoms with E-state index in [-0.39, 0.29) is 17.4 Å². The number of ether oxygens (including phenoxy) is 4. The molecule has 1 aliphatic heterocycles. The predicted octanol–water partition coefficient (Wildman–Crippen LogP) is 3.39. The van der Waals surface area contributed by atoms with E-state index in [9.17, 15) is 9.18 Å². The Kier molecular flexibility index (Phi) is 5.40. The Morgan fingerprint density at radius 2 is 1.67 bits per heavy atom. The van der Waals surface area contributed by atoms with Gasteiger partial charge < -0.3 is 18.9 Å². The van der Waals surface area contributed by atoms with Crippen LogP contribution in [0.2, 0.25) is 0 Å². The van der Waals surface area contributed by atoms with Crippen LogP contribution in [0.4, 0.5) is 4.39 Å². The van der Waals surface area contributed by atoms with Crippen molar-refractivity contribution in [3.8, 4) is 17.2 Å². The molecule has 0 fully saturated rings. The summed E-state index contributed by atoms with van der Waals surface area (Å²) in [5.74, 6) is 0.756. The van der Waals surface area contributed by atoms with Crippen LogP contribution in [0.3, 0.4) is 0 Å². The number of rotatable bonds is 6. The second-order valence-corrected chi connectivity index (χ2v) is 5.69. The summed E-state index contributed by atoms with van der Waals surface area (Å²) in [6.45, 7) is 0. The average molecular weight is 371 g/mol. The van der Waals surface area contributed by atoms with Gasteiger partial charge in [0.05, 0.1) is 21.3 Å². The van der Waals surface area contributed by atoms with Crippen LogP contribution in [0.5, 0.6) is 17.2 Å². The Hall–Kier alpha value is -3.35. The van der Waals surface area contributed by atoms with E-state index in [1.165, 1.54) is 33.5 Å². The Morgan fingerprint density at radius 1 is 1.04 bits per heavy atom. The maximum Gasteiger partial charge on any atom is 0.363 e. The number of hydrogen-bond donors (Lipinski definition) is 0. The number of methoxy groups -OCH3 is 3. The van der Waals surface area contributed by atoms with Crippen LogP contribution in [-0.2, 0) is 16.0 Å². The van der Waals surface area contributed by atoms with Crippen molar-refractivity contribution >= 4 is 17.9 Å². The van der Waals surface area contributed by atoms with Gasteiger partial charge in [0.15, 0.2) is 17.2 Å². The van der Waals surface area contributed by atoms with Crippen molar-refractivity contribution in [1.29, 1.82) is 0 Å². The molecule has 0 saturated carbocycles. The van der Waals surface area contributed by atoms with Crippen molar-refractivity contribution in [2.45, 2.75) is 6.42 Å². The molecule has 0 aliphatic carbocycles. The van der Waals surface area contributed by atoms with E-state index >= 15 is 0 Å². The molecule has 0 bridgehead atoms. The van der Waals surface area contributed by atoms with Gasteiger partial charge >= 0.3 is 5.97 Å². The van der Waals surface area contributed by atoms with Gasteiger partial charge in [-0.1, -0.05) is 12.1 Å². The fourth-order valence-electron chi connectivity index (χ4n) is 2.65. The summed E-state index contributed by atoms with van der Waals surface area (Å²) < 4.78 is 34.1. The van der Waals surface area contributed by atoms with Crippen molar-refractivity contribution < 1.29 is 28.1 Å². The zero-order valence-corrected chi connectivity index (χ0v) is 15.1. The SMILES string of the molecule is COc1cc(/C=C2/N=C(Cc3ccc(F)cc3)OC2=O)cc(OC)c1OC. The van der Waals surface area contributed by atoms with Crippen molar-refractivity contribution in [1.82, 2.24) is 0 Å². The number of carbonyl (C=O) groups excluding carboxylic acids is 1. The molecule has 7 heteroatoms. The van der Waals surface area contributed by atoms with Gasteiger partial charge in [0.1, 0.15) is 5.82 Å². The van der Waals surface area contributed by atoms with Crippen LogP contribution in [0.1, 0.15) is 11.1 Å². The fraction of sp³-hybridized carbons (Fsp3) is 0.200. The number of hydrogen-bond acceptors (Lipinski definition) is 6. The van der Waals surface area contributed by atoms with Gasteiger partial charge in [0.2, 0.25) is 11.6 Å². The van der Waals surface area contributed by atoms with E-state index in [0.717, 1.165) is 5.56 Å². The Morgan fingerprint density at radius 3 is 2.22 bits per heavy atom. The number of halogens is 1. The van der Waals surface area contributed by atoms with E-state index in [2.05, 4.69) is 4.99 Å². The first-order valence-electron chi connectivity index (χ1n) is 8.10. The van der Waals surface area contributed by atoms with Gasteiger partial charge in [-0.2, -0.15) is 0 Å². The molecule has 6 nitrogen and oxygen atoms in total. The molecule has 0 N–H and O–H groups in total. The summed E-state index contributed by atoms with van der Waals surface area (Å²) in [5.41, 5.74) is 1.58. The lowest BCUT2D eigenvalue weighted by atomic mass is 10.1. The normalized spacial score (nSPS) is 14.7. The highest BCUT2D eigenvalue weighted by atomic mass is 19.1. The lowest BCUT2D eigenvalue weighted by Gasteiger charge is -2.12. The molecule has 0 amide bonds. The molecule has 2 aromatic rings. The molecule has 0 spiro atoms. The molecule has 0 aromatic heterocycles. The summed E-state index contributed by atoms with van der Waals surface area (Å²) in [5, 5.41) is 0. The van der Waals surface area contributed by atoms with Crippen molar-refractivity contribution in [2.75, 3.05) is 21.3 Å². The third kappa shape index (κ3) is 4.08. The smallest absolute Gasteiger partial charge is 0.363 e. The minimum Gasteiger partial charge on any atom is -0.493 e. The van der Waals surface area contributed by atoms with E-state index in [1.54, 1.807) is 30.3 Å². The summed E-state index contributed by atoms with van der Waals surface area (Å²) >= 11 is 0. The maximum atomic E-state index is 13.0. The zero-order chi connectivity index (χ0) is 19.4. The third-order valence-corrected chi connectivity index (χ3v) is 3.92. The number of cyclic esters (lactones) is 1. The minimum absolute atomic E-state index is 0.154. The molecular formula is C20H18FNO5. The van der Waals surface area contributed by atoms with Crippen molar-refractivity contribution in [3.05, 3.63) is 59.0 Å². The molecular weight excluding hydrogens is 353 g/mol. The van der Waals surface area contributed by atoms with Crippen LogP contribution >= 0.6 is 0 Å². The van der Waals surface area contributed by atoms with Gasteiger partial charge in [-0.3, -0.25) is 0 Å². The number of esters is 1. The van der Waals surface area contributed by atoms with E-state index in [1.807, 2.05) is 0 Å². The molecule has 1 aliphatic rings. The van der Waals surface area contributed by atoms with Gasteiger partial charge in [0, 0.05) is 6.42 Å². The average Bonchev–Trinajstić information content (AvgIpc) is 3.01. The lowest BCUT2D eigenvalue weighted by molar-refractivity contribution is -0.130. The first-order valence-corrected chi connectivity index (χ1v) is 8.10. The number of aliphatic imine (C=N–C) groups is 1. The number of benzene rings is 2.